The first-order valence-electron chi connectivity index (χ1n) is 12.3. The van der Waals surface area contributed by atoms with Crippen molar-refractivity contribution in [3.63, 3.8) is 0 Å². The molecule has 0 aromatic carbocycles. The Bertz CT molecular complexity index is 1610. The number of fused-ring (bicyclic) bond motifs is 4. The largest absolute Gasteiger partial charge is 0.472 e. The Hall–Kier alpha value is -2.97. The first kappa shape index (κ1) is 29.1. The van der Waals surface area contributed by atoms with Crippen LogP contribution in [0.15, 0.2) is 23.8 Å². The fourth-order valence-corrected chi connectivity index (χ4v) is 7.02. The number of hydrogen-bond acceptors (Lipinski definition) is 16. The third kappa shape index (κ3) is 5.68. The normalized spacial score (nSPS) is 39.2. The van der Waals surface area contributed by atoms with E-state index in [0.29, 0.717) is 0 Å². The number of nitrogen functional groups attached to an aromatic ring is 1. The zero-order valence-electron chi connectivity index (χ0n) is 21.1. The minimum absolute atomic E-state index is 0.0194. The molecule has 20 nitrogen and oxygen atoms in total. The summed E-state index contributed by atoms with van der Waals surface area (Å²) in [7, 11) is -10.0. The Morgan fingerprint density at radius 3 is 2.52 bits per heavy atom. The number of aliphatic hydroxyl groups is 1. The zero-order chi connectivity index (χ0) is 29.8. The highest BCUT2D eigenvalue weighted by atomic mass is 31.2. The Morgan fingerprint density at radius 1 is 1.10 bits per heavy atom. The lowest BCUT2D eigenvalue weighted by molar-refractivity contribution is -0.0580. The number of halogens is 1. The molecule has 3 aromatic heterocycles. The van der Waals surface area contributed by atoms with Gasteiger partial charge in [0.15, 0.2) is 17.4 Å². The summed E-state index contributed by atoms with van der Waals surface area (Å²) in [5.41, 5.74) is 4.66. The molecule has 3 fully saturated rings. The van der Waals surface area contributed by atoms with Gasteiger partial charge in [-0.25, -0.2) is 33.5 Å². The number of aliphatic hydroxyl groups excluding tert-OH is 1. The lowest BCUT2D eigenvalue weighted by Gasteiger charge is -2.26. The standard InChI is InChI=1S/C19H24FN9O11P2/c20-10-8(26-19-23-4-22-5-24-19)1-7-2-36-41(32,33)40-14-12(30)9(3-37-42(34,35)39-13(7)10)38-17(14)29-6-25-11-15(29)27-18(21)28-16(11)31/h4-10,12-14,17,30H,1-3H2,(H,32,33)(H,34,35)(H3,21,27,28,31)(H,22,23,24,26)/t7-,8-,9-,10+,12-,13-,14-,17-/m1/s1. The molecule has 2 bridgehead atoms. The minimum atomic E-state index is -5.03. The number of ether oxygens (including phenoxy) is 1. The number of phosphoric ester groups is 2. The number of nitrogens with one attached hydrogen (secondary N) is 2. The molecule has 0 radical (unpaired) electrons. The summed E-state index contributed by atoms with van der Waals surface area (Å²) in [6.07, 6.45) is -6.60. The van der Waals surface area contributed by atoms with Gasteiger partial charge in [-0.3, -0.25) is 32.4 Å². The Morgan fingerprint density at radius 2 is 1.79 bits per heavy atom. The van der Waals surface area contributed by atoms with Crippen molar-refractivity contribution in [3.05, 3.63) is 29.3 Å². The highest BCUT2D eigenvalue weighted by Crippen LogP contribution is 2.54. The van der Waals surface area contributed by atoms with E-state index in [4.69, 9.17) is 28.6 Å². The molecule has 1 saturated carbocycles. The highest BCUT2D eigenvalue weighted by Gasteiger charge is 2.53. The Labute approximate surface area is 233 Å². The lowest BCUT2D eigenvalue weighted by atomic mass is 10.1. The van der Waals surface area contributed by atoms with E-state index in [0.717, 1.165) is 10.9 Å². The number of hydrogen-bond donors (Lipinski definition) is 6. The van der Waals surface area contributed by atoms with Crippen LogP contribution in [0.5, 0.6) is 0 Å². The number of rotatable bonds is 3. The van der Waals surface area contributed by atoms with E-state index in [1.54, 1.807) is 0 Å². The average Bonchev–Trinajstić information content (AvgIpc) is 3.57. The van der Waals surface area contributed by atoms with Gasteiger partial charge < -0.3 is 30.7 Å². The molecule has 5 heterocycles. The molecule has 7 N–H and O–H groups in total. The van der Waals surface area contributed by atoms with Crippen molar-refractivity contribution in [1.82, 2.24) is 34.5 Å². The second-order valence-corrected chi connectivity index (χ2v) is 12.5. The van der Waals surface area contributed by atoms with E-state index >= 15 is 4.39 Å². The number of anilines is 2. The SMILES string of the molecule is Nc1nc2c(ncn2[C@@H]2O[C@@H]3COP(=O)(O)O[C@@H]4[C@@H](COP(=O)(O)O[C@@H]2[C@@H]3O)C[C@@H](Nc2ncncn2)[C@@H]4F)c(=O)[nH]1. The first-order chi connectivity index (χ1) is 19.9. The van der Waals surface area contributed by atoms with Crippen molar-refractivity contribution in [1.29, 1.82) is 0 Å². The average molecular weight is 635 g/mol. The second kappa shape index (κ2) is 10.9. The van der Waals surface area contributed by atoms with Crippen LogP contribution in [0.25, 0.3) is 11.2 Å². The maximum Gasteiger partial charge on any atom is 0.472 e. The van der Waals surface area contributed by atoms with E-state index in [1.807, 2.05) is 0 Å². The number of aromatic nitrogens is 7. The summed E-state index contributed by atoms with van der Waals surface area (Å²) in [5.74, 6) is -1.31. The van der Waals surface area contributed by atoms with Crippen LogP contribution in [-0.2, 0) is 32.0 Å². The maximum absolute atomic E-state index is 15.5. The summed E-state index contributed by atoms with van der Waals surface area (Å²) in [4.78, 5) is 54.8. The van der Waals surface area contributed by atoms with Crippen molar-refractivity contribution < 1.29 is 51.2 Å². The number of alkyl halides is 1. The molecule has 2 aliphatic heterocycles. The minimum Gasteiger partial charge on any atom is -0.387 e. The van der Waals surface area contributed by atoms with E-state index in [-0.39, 0.29) is 29.5 Å². The quantitative estimate of drug-likeness (QED) is 0.188. The van der Waals surface area contributed by atoms with Crippen LogP contribution in [0.1, 0.15) is 12.6 Å². The van der Waals surface area contributed by atoms with Gasteiger partial charge in [-0.05, 0) is 6.42 Å². The van der Waals surface area contributed by atoms with E-state index in [2.05, 4.69) is 35.2 Å². The molecule has 2 unspecified atom stereocenters. The van der Waals surface area contributed by atoms with Gasteiger partial charge in [0.2, 0.25) is 11.9 Å². The van der Waals surface area contributed by atoms with Crippen molar-refractivity contribution in [2.75, 3.05) is 24.3 Å². The fourth-order valence-electron chi connectivity index (χ4n) is 5.05. The summed E-state index contributed by atoms with van der Waals surface area (Å²) < 4.78 is 68.9. The molecule has 2 saturated heterocycles. The molecular weight excluding hydrogens is 611 g/mol. The lowest BCUT2D eigenvalue weighted by Crippen LogP contribution is -2.35. The third-order valence-corrected chi connectivity index (χ3v) is 8.90. The molecule has 0 amide bonds. The van der Waals surface area contributed by atoms with Gasteiger partial charge in [0.1, 0.15) is 43.2 Å². The summed E-state index contributed by atoms with van der Waals surface area (Å²) in [6.45, 7) is -1.47. The van der Waals surface area contributed by atoms with Crippen LogP contribution < -0.4 is 16.6 Å². The molecule has 1 aliphatic carbocycles. The molecule has 6 rings (SSSR count). The fraction of sp³-hybridized carbons (Fsp3) is 0.579. The number of aromatic amines is 1. The number of nitrogens with zero attached hydrogens (tertiary/aromatic N) is 6. The molecule has 228 valence electrons. The van der Waals surface area contributed by atoms with Crippen molar-refractivity contribution in [3.8, 4) is 0 Å². The Kier molecular flexibility index (Phi) is 7.59. The Balaban J connectivity index is 1.29. The van der Waals surface area contributed by atoms with Crippen LogP contribution in [0.2, 0.25) is 0 Å². The van der Waals surface area contributed by atoms with E-state index < -0.39 is 83.2 Å². The number of H-pyrrole nitrogens is 1. The molecule has 23 heteroatoms. The van der Waals surface area contributed by atoms with Gasteiger partial charge in [-0.2, -0.15) is 4.98 Å². The van der Waals surface area contributed by atoms with Crippen LogP contribution in [0.3, 0.4) is 0 Å². The van der Waals surface area contributed by atoms with Gasteiger partial charge in [0.05, 0.1) is 25.6 Å². The monoisotopic (exact) mass is 635 g/mol. The van der Waals surface area contributed by atoms with E-state index in [9.17, 15) is 28.8 Å². The molecule has 42 heavy (non-hydrogen) atoms. The maximum atomic E-state index is 15.5. The van der Waals surface area contributed by atoms with Crippen LogP contribution in [0.4, 0.5) is 16.3 Å². The molecule has 3 aliphatic rings. The predicted molar refractivity (Wildman–Crippen MR) is 134 cm³/mol. The van der Waals surface area contributed by atoms with Crippen LogP contribution in [0, 0.1) is 5.92 Å². The van der Waals surface area contributed by atoms with Gasteiger partial charge >= 0.3 is 15.6 Å². The predicted octanol–water partition coefficient (Wildman–Crippen LogP) is -0.998. The van der Waals surface area contributed by atoms with Gasteiger partial charge in [0.25, 0.3) is 5.56 Å². The van der Waals surface area contributed by atoms with Crippen molar-refractivity contribution in [2.45, 2.75) is 49.3 Å². The smallest absolute Gasteiger partial charge is 0.387 e. The van der Waals surface area contributed by atoms with Gasteiger partial charge in [-0.15, -0.1) is 0 Å². The molecule has 10 atom stereocenters. The molecular formula is C19H24FN9O11P2. The highest BCUT2D eigenvalue weighted by molar-refractivity contribution is 7.47. The summed E-state index contributed by atoms with van der Waals surface area (Å²) in [6, 6.07) is -1.05. The molecule has 3 aromatic rings. The number of imidazole rings is 1. The second-order valence-electron chi connectivity index (χ2n) is 9.65. The first-order valence-corrected chi connectivity index (χ1v) is 15.3. The summed E-state index contributed by atoms with van der Waals surface area (Å²) in [5, 5.41) is 13.7. The van der Waals surface area contributed by atoms with Crippen LogP contribution in [-0.4, -0.2) is 99.2 Å². The number of phosphoric acid groups is 2. The number of nitrogens with two attached hydrogens (primary N) is 1. The summed E-state index contributed by atoms with van der Waals surface area (Å²) >= 11 is 0. The third-order valence-electron chi connectivity index (χ3n) is 6.93. The van der Waals surface area contributed by atoms with Gasteiger partial charge in [-0.1, -0.05) is 0 Å². The topological polar surface area (TPSA) is 281 Å². The molecule has 0 spiro atoms. The van der Waals surface area contributed by atoms with Crippen LogP contribution >= 0.6 is 15.6 Å². The zero-order valence-corrected chi connectivity index (χ0v) is 22.9. The van der Waals surface area contributed by atoms with E-state index in [1.165, 1.54) is 12.7 Å². The van der Waals surface area contributed by atoms with Crippen molar-refractivity contribution in [2.24, 2.45) is 5.92 Å². The van der Waals surface area contributed by atoms with Gasteiger partial charge in [0, 0.05) is 5.92 Å². The van der Waals surface area contributed by atoms with Crippen molar-refractivity contribution >= 4 is 38.7 Å².